The van der Waals surface area contributed by atoms with E-state index in [4.69, 9.17) is 4.84 Å². The van der Waals surface area contributed by atoms with Crippen LogP contribution in [0.1, 0.15) is 19.4 Å². The number of likely N-dealkylation sites (N-methyl/N-ethyl adjacent to an activating group) is 1. The lowest BCUT2D eigenvalue weighted by Gasteiger charge is -2.25. The molecule has 0 aliphatic carbocycles. The number of benzene rings is 1. The van der Waals surface area contributed by atoms with Gasteiger partial charge >= 0.3 is 0 Å². The van der Waals surface area contributed by atoms with Crippen LogP contribution in [-0.4, -0.2) is 24.8 Å². The molecule has 0 spiro atoms. The SMILES string of the molecule is CCN(OC)C(C)Cc1ccccc1. The monoisotopic (exact) mass is 193 g/mol. The first-order chi connectivity index (χ1) is 6.77. The van der Waals surface area contributed by atoms with E-state index in [1.54, 1.807) is 7.11 Å². The van der Waals surface area contributed by atoms with Crippen LogP contribution >= 0.6 is 0 Å². The van der Waals surface area contributed by atoms with Gasteiger partial charge in [-0.25, -0.2) is 0 Å². The van der Waals surface area contributed by atoms with Crippen molar-refractivity contribution in [1.29, 1.82) is 0 Å². The summed E-state index contributed by atoms with van der Waals surface area (Å²) in [5.74, 6) is 0. The van der Waals surface area contributed by atoms with Gasteiger partial charge in [0.1, 0.15) is 0 Å². The van der Waals surface area contributed by atoms with E-state index in [0.29, 0.717) is 6.04 Å². The van der Waals surface area contributed by atoms with Crippen molar-refractivity contribution in [2.45, 2.75) is 26.3 Å². The molecule has 2 heteroatoms. The Balaban J connectivity index is 2.52. The van der Waals surface area contributed by atoms with Gasteiger partial charge in [-0.15, -0.1) is 0 Å². The van der Waals surface area contributed by atoms with Crippen molar-refractivity contribution in [1.82, 2.24) is 5.06 Å². The minimum Gasteiger partial charge on any atom is -0.302 e. The van der Waals surface area contributed by atoms with Crippen molar-refractivity contribution in [3.05, 3.63) is 35.9 Å². The van der Waals surface area contributed by atoms with E-state index in [-0.39, 0.29) is 0 Å². The van der Waals surface area contributed by atoms with Crippen LogP contribution in [0.4, 0.5) is 0 Å². The number of nitrogens with zero attached hydrogens (tertiary/aromatic N) is 1. The van der Waals surface area contributed by atoms with Crippen LogP contribution in [0.15, 0.2) is 30.3 Å². The molecule has 0 fully saturated rings. The van der Waals surface area contributed by atoms with Crippen LogP contribution < -0.4 is 0 Å². The van der Waals surface area contributed by atoms with Gasteiger partial charge in [-0.3, -0.25) is 0 Å². The van der Waals surface area contributed by atoms with Gasteiger partial charge in [-0.2, -0.15) is 5.06 Å². The maximum absolute atomic E-state index is 5.27. The van der Waals surface area contributed by atoms with E-state index in [9.17, 15) is 0 Å². The van der Waals surface area contributed by atoms with Gasteiger partial charge in [0.25, 0.3) is 0 Å². The van der Waals surface area contributed by atoms with Gasteiger partial charge in [-0.05, 0) is 18.9 Å². The Hall–Kier alpha value is -0.860. The molecule has 1 rings (SSSR count). The van der Waals surface area contributed by atoms with Crippen molar-refractivity contribution < 1.29 is 4.84 Å². The van der Waals surface area contributed by atoms with Crippen LogP contribution in [0.2, 0.25) is 0 Å². The van der Waals surface area contributed by atoms with Crippen LogP contribution in [0.5, 0.6) is 0 Å². The highest BCUT2D eigenvalue weighted by Crippen LogP contribution is 2.08. The molecule has 2 nitrogen and oxygen atoms in total. The largest absolute Gasteiger partial charge is 0.302 e. The van der Waals surface area contributed by atoms with Gasteiger partial charge < -0.3 is 4.84 Å². The predicted molar refractivity (Wildman–Crippen MR) is 59.0 cm³/mol. The zero-order chi connectivity index (χ0) is 10.4. The lowest BCUT2D eigenvalue weighted by Crippen LogP contribution is -2.33. The molecule has 0 aromatic heterocycles. The van der Waals surface area contributed by atoms with Gasteiger partial charge in [-0.1, -0.05) is 37.3 Å². The first-order valence-electron chi connectivity index (χ1n) is 5.12. The van der Waals surface area contributed by atoms with E-state index >= 15 is 0 Å². The highest BCUT2D eigenvalue weighted by atomic mass is 16.7. The van der Waals surface area contributed by atoms with Crippen molar-refractivity contribution >= 4 is 0 Å². The number of hydrogen-bond donors (Lipinski definition) is 0. The Labute approximate surface area is 86.4 Å². The molecule has 0 radical (unpaired) electrons. The zero-order valence-corrected chi connectivity index (χ0v) is 9.23. The van der Waals surface area contributed by atoms with Gasteiger partial charge in [0, 0.05) is 12.6 Å². The fourth-order valence-electron chi connectivity index (χ4n) is 1.68. The van der Waals surface area contributed by atoms with Gasteiger partial charge in [0.2, 0.25) is 0 Å². The molecule has 0 saturated heterocycles. The molecule has 1 aromatic rings. The minimum atomic E-state index is 0.424. The molecule has 0 aliphatic heterocycles. The summed E-state index contributed by atoms with van der Waals surface area (Å²) in [5, 5.41) is 1.99. The maximum Gasteiger partial charge on any atom is 0.0575 e. The summed E-state index contributed by atoms with van der Waals surface area (Å²) in [6.07, 6.45) is 1.03. The summed E-state index contributed by atoms with van der Waals surface area (Å²) in [6.45, 7) is 5.20. The predicted octanol–water partition coefficient (Wildman–Crippen LogP) is 2.50. The van der Waals surface area contributed by atoms with Crippen molar-refractivity contribution in [3.63, 3.8) is 0 Å². The van der Waals surface area contributed by atoms with Crippen LogP contribution in [0.3, 0.4) is 0 Å². The second-order valence-corrected chi connectivity index (χ2v) is 3.45. The summed E-state index contributed by atoms with van der Waals surface area (Å²) < 4.78 is 0. The third-order valence-corrected chi connectivity index (χ3v) is 2.41. The fraction of sp³-hybridized carbons (Fsp3) is 0.500. The van der Waals surface area contributed by atoms with Crippen molar-refractivity contribution in [3.8, 4) is 0 Å². The van der Waals surface area contributed by atoms with E-state index in [1.165, 1.54) is 5.56 Å². The summed E-state index contributed by atoms with van der Waals surface area (Å²) in [4.78, 5) is 5.27. The van der Waals surface area contributed by atoms with Gasteiger partial charge in [0.05, 0.1) is 7.11 Å². The highest BCUT2D eigenvalue weighted by molar-refractivity contribution is 5.15. The van der Waals surface area contributed by atoms with E-state index in [1.807, 2.05) is 11.1 Å². The summed E-state index contributed by atoms with van der Waals surface area (Å²) in [7, 11) is 1.73. The molecular formula is C12H19NO. The normalized spacial score (nSPS) is 13.1. The quantitative estimate of drug-likeness (QED) is 0.666. The summed E-state index contributed by atoms with van der Waals surface area (Å²) in [6, 6.07) is 10.9. The fourth-order valence-corrected chi connectivity index (χ4v) is 1.68. The molecule has 0 amide bonds. The summed E-state index contributed by atoms with van der Waals surface area (Å²) in [5.41, 5.74) is 1.36. The second-order valence-electron chi connectivity index (χ2n) is 3.45. The van der Waals surface area contributed by atoms with Crippen molar-refractivity contribution in [2.75, 3.05) is 13.7 Å². The van der Waals surface area contributed by atoms with Gasteiger partial charge in [0.15, 0.2) is 0 Å². The van der Waals surface area contributed by atoms with Crippen LogP contribution in [0.25, 0.3) is 0 Å². The zero-order valence-electron chi connectivity index (χ0n) is 9.23. The minimum absolute atomic E-state index is 0.424. The van der Waals surface area contributed by atoms with Crippen LogP contribution in [0, 0.1) is 0 Å². The Morgan fingerprint density at radius 2 is 1.93 bits per heavy atom. The molecule has 0 saturated carbocycles. The molecule has 1 unspecified atom stereocenters. The first kappa shape index (κ1) is 11.2. The lowest BCUT2D eigenvalue weighted by molar-refractivity contribution is -0.153. The number of hydrogen-bond acceptors (Lipinski definition) is 2. The molecule has 0 heterocycles. The Kier molecular flexibility index (Phi) is 4.63. The van der Waals surface area contributed by atoms with E-state index in [2.05, 4.69) is 38.1 Å². The third kappa shape index (κ3) is 3.13. The molecule has 1 atom stereocenters. The maximum atomic E-state index is 5.27. The molecule has 78 valence electrons. The standard InChI is InChI=1S/C12H19NO/c1-4-13(14-3)11(2)10-12-8-6-5-7-9-12/h5-9,11H,4,10H2,1-3H3. The number of hydroxylamine groups is 2. The lowest BCUT2D eigenvalue weighted by atomic mass is 10.1. The first-order valence-corrected chi connectivity index (χ1v) is 5.12. The highest BCUT2D eigenvalue weighted by Gasteiger charge is 2.11. The summed E-state index contributed by atoms with van der Waals surface area (Å²) >= 11 is 0. The smallest absolute Gasteiger partial charge is 0.0575 e. The van der Waals surface area contributed by atoms with Crippen LogP contribution in [-0.2, 0) is 11.3 Å². The second kappa shape index (κ2) is 5.78. The Bertz CT molecular complexity index is 244. The Morgan fingerprint density at radius 3 is 2.43 bits per heavy atom. The number of rotatable bonds is 5. The Morgan fingerprint density at radius 1 is 1.29 bits per heavy atom. The average molecular weight is 193 g/mol. The molecule has 0 aliphatic rings. The molecular weight excluding hydrogens is 174 g/mol. The van der Waals surface area contributed by atoms with Crippen molar-refractivity contribution in [2.24, 2.45) is 0 Å². The topological polar surface area (TPSA) is 12.5 Å². The average Bonchev–Trinajstić information content (AvgIpc) is 2.21. The van der Waals surface area contributed by atoms with E-state index < -0.39 is 0 Å². The molecule has 0 bridgehead atoms. The molecule has 1 aromatic carbocycles. The molecule has 0 N–H and O–H groups in total. The molecule has 14 heavy (non-hydrogen) atoms. The van der Waals surface area contributed by atoms with E-state index in [0.717, 1.165) is 13.0 Å². The third-order valence-electron chi connectivity index (χ3n) is 2.41.